The van der Waals surface area contributed by atoms with Gasteiger partial charge in [0.05, 0.1) is 10.6 Å². The number of anilines is 1. The lowest BCUT2D eigenvalue weighted by Crippen LogP contribution is -2.07. The molecule has 1 aromatic carbocycles. The molecule has 6 nitrogen and oxygen atoms in total. The van der Waals surface area contributed by atoms with Gasteiger partial charge < -0.3 is 5.73 Å². The minimum absolute atomic E-state index is 0.0694. The lowest BCUT2D eigenvalue weighted by Gasteiger charge is -2.12. The molecule has 2 N–H and O–H groups in total. The van der Waals surface area contributed by atoms with Crippen LogP contribution in [-0.4, -0.2) is 14.7 Å². The van der Waals surface area contributed by atoms with E-state index in [0.717, 1.165) is 22.4 Å². The van der Waals surface area contributed by atoms with Gasteiger partial charge in [-0.2, -0.15) is 5.10 Å². The van der Waals surface area contributed by atoms with Gasteiger partial charge >= 0.3 is 5.69 Å². The number of aromatic nitrogens is 2. The number of nitro groups is 1. The molecule has 0 aliphatic rings. The first kappa shape index (κ1) is 15.0. The zero-order valence-corrected chi connectivity index (χ0v) is 13.0. The van der Waals surface area contributed by atoms with Gasteiger partial charge in [-0.25, -0.2) is 4.68 Å². The summed E-state index contributed by atoms with van der Waals surface area (Å²) in [5, 5.41) is 15.7. The topological polar surface area (TPSA) is 87.0 Å². The third kappa shape index (κ3) is 2.49. The molecule has 2 aromatic rings. The van der Waals surface area contributed by atoms with Gasteiger partial charge in [0.15, 0.2) is 0 Å². The number of nitrogens with zero attached hydrogens (tertiary/aromatic N) is 3. The van der Waals surface area contributed by atoms with Gasteiger partial charge in [-0.05, 0) is 31.9 Å². The van der Waals surface area contributed by atoms with Crippen molar-refractivity contribution in [2.75, 3.05) is 5.73 Å². The van der Waals surface area contributed by atoms with E-state index in [1.165, 1.54) is 4.68 Å². The van der Waals surface area contributed by atoms with Crippen LogP contribution in [0.4, 0.5) is 11.5 Å². The lowest BCUT2D eigenvalue weighted by molar-refractivity contribution is -0.384. The third-order valence-corrected chi connectivity index (χ3v) is 3.50. The Hall–Kier alpha value is -2.37. The molecule has 1 aromatic heterocycles. The number of benzene rings is 1. The Kier molecular flexibility index (Phi) is 3.72. The quantitative estimate of drug-likeness (QED) is 0.692. The third-order valence-electron chi connectivity index (χ3n) is 3.50. The van der Waals surface area contributed by atoms with Gasteiger partial charge in [0.25, 0.3) is 0 Å². The van der Waals surface area contributed by atoms with Crippen LogP contribution in [0.2, 0.25) is 0 Å². The molecule has 2 rings (SSSR count). The molecule has 0 atom stereocenters. The number of nitrogens with two attached hydrogens (primary N) is 1. The fraction of sp³-hybridized carbons (Fsp3) is 0.400. The highest BCUT2D eigenvalue weighted by Gasteiger charge is 2.29. The SMILES string of the molecule is Cc1cc(C)c(-n2nc(C(C)C)c([N+](=O)[O-])c2N)c(C)c1. The molecule has 0 aliphatic carbocycles. The van der Waals surface area contributed by atoms with Crippen molar-refractivity contribution in [1.82, 2.24) is 9.78 Å². The Morgan fingerprint density at radius 3 is 2.14 bits per heavy atom. The minimum Gasteiger partial charge on any atom is -0.378 e. The minimum atomic E-state index is -0.451. The smallest absolute Gasteiger partial charge is 0.334 e. The molecule has 0 spiro atoms. The van der Waals surface area contributed by atoms with Gasteiger partial charge in [0.2, 0.25) is 5.82 Å². The highest BCUT2D eigenvalue weighted by Crippen LogP contribution is 2.34. The standard InChI is InChI=1S/C15H20N4O2/c1-8(2)12-14(19(20)21)15(16)18(17-12)13-10(4)6-9(3)7-11(13)5/h6-8H,16H2,1-5H3. The first-order chi connectivity index (χ1) is 9.73. The molecule has 0 saturated heterocycles. The molecule has 0 unspecified atom stereocenters. The predicted molar refractivity (Wildman–Crippen MR) is 82.9 cm³/mol. The highest BCUT2D eigenvalue weighted by atomic mass is 16.6. The predicted octanol–water partition coefficient (Wildman–Crippen LogP) is 3.41. The molecule has 0 saturated carbocycles. The van der Waals surface area contributed by atoms with Crippen LogP contribution < -0.4 is 5.73 Å². The van der Waals surface area contributed by atoms with E-state index in [9.17, 15) is 10.1 Å². The summed E-state index contributed by atoms with van der Waals surface area (Å²) in [6, 6.07) is 4.04. The molecule has 21 heavy (non-hydrogen) atoms. The van der Waals surface area contributed by atoms with E-state index >= 15 is 0 Å². The van der Waals surface area contributed by atoms with Crippen molar-refractivity contribution in [2.45, 2.75) is 40.5 Å². The van der Waals surface area contributed by atoms with Crippen LogP contribution in [0.15, 0.2) is 12.1 Å². The van der Waals surface area contributed by atoms with Gasteiger partial charge in [-0.3, -0.25) is 10.1 Å². The van der Waals surface area contributed by atoms with Crippen molar-refractivity contribution in [3.05, 3.63) is 44.6 Å². The monoisotopic (exact) mass is 288 g/mol. The molecule has 0 radical (unpaired) electrons. The van der Waals surface area contributed by atoms with Crippen molar-refractivity contribution in [3.63, 3.8) is 0 Å². The van der Waals surface area contributed by atoms with Crippen LogP contribution in [0, 0.1) is 30.9 Å². The summed E-state index contributed by atoms with van der Waals surface area (Å²) >= 11 is 0. The Bertz CT molecular complexity index is 694. The maximum atomic E-state index is 11.3. The first-order valence-corrected chi connectivity index (χ1v) is 6.85. The van der Waals surface area contributed by atoms with Crippen LogP contribution >= 0.6 is 0 Å². The molecular formula is C15H20N4O2. The van der Waals surface area contributed by atoms with Crippen molar-refractivity contribution in [3.8, 4) is 5.69 Å². The Balaban J connectivity index is 2.77. The maximum Gasteiger partial charge on any atom is 0.334 e. The zero-order valence-electron chi connectivity index (χ0n) is 13.0. The normalized spacial score (nSPS) is 11.1. The molecule has 0 bridgehead atoms. The highest BCUT2D eigenvalue weighted by molar-refractivity contribution is 5.63. The van der Waals surface area contributed by atoms with Crippen LogP contribution in [0.3, 0.4) is 0 Å². The van der Waals surface area contributed by atoms with E-state index in [-0.39, 0.29) is 17.4 Å². The number of aryl methyl sites for hydroxylation is 3. The summed E-state index contributed by atoms with van der Waals surface area (Å²) in [4.78, 5) is 10.8. The lowest BCUT2D eigenvalue weighted by atomic mass is 10.1. The summed E-state index contributed by atoms with van der Waals surface area (Å²) in [5.41, 5.74) is 10.3. The Labute approximate surface area is 123 Å². The molecule has 0 fully saturated rings. The Morgan fingerprint density at radius 2 is 1.76 bits per heavy atom. The van der Waals surface area contributed by atoms with Crippen LogP contribution in [0.25, 0.3) is 5.69 Å². The number of nitrogen functional groups attached to an aromatic ring is 1. The molecule has 0 aliphatic heterocycles. The second kappa shape index (κ2) is 5.20. The van der Waals surface area contributed by atoms with Crippen molar-refractivity contribution in [1.29, 1.82) is 0 Å². The molecular weight excluding hydrogens is 268 g/mol. The fourth-order valence-corrected chi connectivity index (χ4v) is 2.69. The van der Waals surface area contributed by atoms with Crippen LogP contribution in [-0.2, 0) is 0 Å². The summed E-state index contributed by atoms with van der Waals surface area (Å²) in [5.74, 6) is 0.0127. The van der Waals surface area contributed by atoms with Crippen molar-refractivity contribution < 1.29 is 4.92 Å². The van der Waals surface area contributed by atoms with Gasteiger partial charge in [-0.15, -0.1) is 0 Å². The van der Waals surface area contributed by atoms with Gasteiger partial charge in [0.1, 0.15) is 5.69 Å². The summed E-state index contributed by atoms with van der Waals surface area (Å²) in [6.07, 6.45) is 0. The average molecular weight is 288 g/mol. The maximum absolute atomic E-state index is 11.3. The van der Waals surface area contributed by atoms with E-state index in [2.05, 4.69) is 5.10 Å². The number of rotatable bonds is 3. The number of hydrogen-bond donors (Lipinski definition) is 1. The van der Waals surface area contributed by atoms with Crippen molar-refractivity contribution in [2.24, 2.45) is 0 Å². The summed E-state index contributed by atoms with van der Waals surface area (Å²) in [7, 11) is 0. The average Bonchev–Trinajstić information content (AvgIpc) is 2.66. The van der Waals surface area contributed by atoms with Gasteiger partial charge in [-0.1, -0.05) is 31.5 Å². The number of hydrogen-bond acceptors (Lipinski definition) is 4. The van der Waals surface area contributed by atoms with Crippen molar-refractivity contribution >= 4 is 11.5 Å². The van der Waals surface area contributed by atoms with Crippen LogP contribution in [0.5, 0.6) is 0 Å². The molecule has 112 valence electrons. The van der Waals surface area contributed by atoms with Gasteiger partial charge in [0, 0.05) is 5.92 Å². The van der Waals surface area contributed by atoms with E-state index < -0.39 is 4.92 Å². The molecule has 6 heteroatoms. The zero-order chi connectivity index (χ0) is 15.9. The fourth-order valence-electron chi connectivity index (χ4n) is 2.69. The summed E-state index contributed by atoms with van der Waals surface area (Å²) in [6.45, 7) is 9.66. The van der Waals surface area contributed by atoms with E-state index in [4.69, 9.17) is 5.73 Å². The largest absolute Gasteiger partial charge is 0.378 e. The summed E-state index contributed by atoms with van der Waals surface area (Å²) < 4.78 is 1.50. The Morgan fingerprint density at radius 1 is 1.24 bits per heavy atom. The second-order valence-corrected chi connectivity index (χ2v) is 5.69. The second-order valence-electron chi connectivity index (χ2n) is 5.69. The first-order valence-electron chi connectivity index (χ1n) is 6.85. The molecule has 1 heterocycles. The van der Waals surface area contributed by atoms with E-state index in [0.29, 0.717) is 5.69 Å². The molecule has 0 amide bonds. The van der Waals surface area contributed by atoms with E-state index in [1.807, 2.05) is 46.8 Å². The van der Waals surface area contributed by atoms with E-state index in [1.54, 1.807) is 0 Å². The van der Waals surface area contributed by atoms with Crippen LogP contribution in [0.1, 0.15) is 42.1 Å².